The Bertz CT molecular complexity index is 504. The predicted octanol–water partition coefficient (Wildman–Crippen LogP) is 1.81. The number of rotatable bonds is 6. The highest BCUT2D eigenvalue weighted by Gasteiger charge is 2.27. The minimum absolute atomic E-state index is 0.0168. The summed E-state index contributed by atoms with van der Waals surface area (Å²) in [5, 5.41) is 11.2. The maximum Gasteiger partial charge on any atom is 0.273 e. The van der Waals surface area contributed by atoms with Crippen molar-refractivity contribution < 1.29 is 14.3 Å². The van der Waals surface area contributed by atoms with E-state index in [1.54, 1.807) is 18.0 Å². The van der Waals surface area contributed by atoms with Gasteiger partial charge in [0.05, 0.1) is 12.2 Å². The van der Waals surface area contributed by atoms with Gasteiger partial charge in [0.25, 0.3) is 5.91 Å². The Morgan fingerprint density at radius 2 is 2.17 bits per heavy atom. The molecule has 0 radical (unpaired) electrons. The van der Waals surface area contributed by atoms with E-state index in [1.165, 1.54) is 0 Å². The number of amides is 1. The van der Waals surface area contributed by atoms with Crippen LogP contribution < -0.4 is 5.32 Å². The molecule has 23 heavy (non-hydrogen) atoms. The summed E-state index contributed by atoms with van der Waals surface area (Å²) in [5.41, 5.74) is 0.313. The van der Waals surface area contributed by atoms with Crippen molar-refractivity contribution in [2.24, 2.45) is 5.41 Å². The molecule has 1 amide bonds. The summed E-state index contributed by atoms with van der Waals surface area (Å²) >= 11 is 0. The van der Waals surface area contributed by atoms with Crippen molar-refractivity contribution >= 4 is 5.91 Å². The molecule has 0 saturated carbocycles. The van der Waals surface area contributed by atoms with Gasteiger partial charge in [-0.3, -0.25) is 4.79 Å². The molecule has 1 unspecified atom stereocenters. The second kappa shape index (κ2) is 7.88. The van der Waals surface area contributed by atoms with E-state index in [0.29, 0.717) is 12.3 Å². The third-order valence-electron chi connectivity index (χ3n) is 4.27. The summed E-state index contributed by atoms with van der Waals surface area (Å²) in [7, 11) is 1.67. The van der Waals surface area contributed by atoms with Crippen LogP contribution in [-0.4, -0.2) is 53.9 Å². The maximum absolute atomic E-state index is 12.5. The molecule has 1 saturated heterocycles. The van der Waals surface area contributed by atoms with Crippen LogP contribution in [0.15, 0.2) is 6.20 Å². The molecule has 2 heterocycles. The zero-order chi connectivity index (χ0) is 16.9. The van der Waals surface area contributed by atoms with E-state index < -0.39 is 0 Å². The maximum atomic E-state index is 12.5. The zero-order valence-corrected chi connectivity index (χ0v) is 14.5. The van der Waals surface area contributed by atoms with Crippen LogP contribution in [0.1, 0.15) is 56.6 Å². The van der Waals surface area contributed by atoms with Crippen LogP contribution in [0.2, 0.25) is 0 Å². The molecule has 1 aromatic rings. The molecule has 7 nitrogen and oxygen atoms in total. The van der Waals surface area contributed by atoms with Crippen molar-refractivity contribution in [3.05, 3.63) is 11.9 Å². The highest BCUT2D eigenvalue weighted by Crippen LogP contribution is 2.23. The molecule has 2 rings (SSSR count). The number of aromatic nitrogens is 3. The van der Waals surface area contributed by atoms with Gasteiger partial charge in [-0.05, 0) is 24.7 Å². The van der Waals surface area contributed by atoms with Crippen molar-refractivity contribution in [1.29, 1.82) is 0 Å². The molecule has 1 fully saturated rings. The molecule has 1 N–H and O–H groups in total. The smallest absolute Gasteiger partial charge is 0.273 e. The Morgan fingerprint density at radius 1 is 1.48 bits per heavy atom. The fraction of sp³-hybridized carbons (Fsp3) is 0.812. The third kappa shape index (κ3) is 5.00. The van der Waals surface area contributed by atoms with Gasteiger partial charge < -0.3 is 14.8 Å². The van der Waals surface area contributed by atoms with Gasteiger partial charge >= 0.3 is 0 Å². The minimum Gasteiger partial charge on any atom is -0.385 e. The largest absolute Gasteiger partial charge is 0.385 e. The van der Waals surface area contributed by atoms with Gasteiger partial charge in [-0.15, -0.1) is 5.10 Å². The number of hydrogen-bond donors (Lipinski definition) is 1. The predicted molar refractivity (Wildman–Crippen MR) is 86.3 cm³/mol. The Balaban J connectivity index is 2.00. The van der Waals surface area contributed by atoms with Crippen molar-refractivity contribution in [2.75, 3.05) is 26.9 Å². The third-order valence-corrected chi connectivity index (χ3v) is 4.27. The summed E-state index contributed by atoms with van der Waals surface area (Å²) < 4.78 is 12.3. The first-order valence-electron chi connectivity index (χ1n) is 8.21. The summed E-state index contributed by atoms with van der Waals surface area (Å²) in [5.74, 6) is -0.181. The molecule has 1 aliphatic rings. The first-order chi connectivity index (χ1) is 10.9. The van der Waals surface area contributed by atoms with E-state index in [4.69, 9.17) is 9.47 Å². The van der Waals surface area contributed by atoms with Crippen LogP contribution in [-0.2, 0) is 9.47 Å². The topological polar surface area (TPSA) is 78.3 Å². The summed E-state index contributed by atoms with van der Waals surface area (Å²) in [6.07, 6.45) is 4.31. The normalized spacial score (nSPS) is 17.9. The van der Waals surface area contributed by atoms with Crippen molar-refractivity contribution in [3.63, 3.8) is 0 Å². The van der Waals surface area contributed by atoms with Crippen molar-refractivity contribution in [3.8, 4) is 0 Å². The zero-order valence-electron chi connectivity index (χ0n) is 14.5. The Morgan fingerprint density at radius 3 is 2.78 bits per heavy atom. The molecule has 130 valence electrons. The molecule has 0 aromatic carbocycles. The molecular formula is C16H28N4O3. The van der Waals surface area contributed by atoms with E-state index in [9.17, 15) is 4.79 Å². The fourth-order valence-corrected chi connectivity index (χ4v) is 2.70. The Labute approximate surface area is 137 Å². The Hall–Kier alpha value is -1.47. The number of ether oxygens (including phenoxy) is 2. The lowest BCUT2D eigenvalue weighted by Gasteiger charge is -2.31. The first kappa shape index (κ1) is 17.9. The van der Waals surface area contributed by atoms with Crippen LogP contribution in [0.4, 0.5) is 0 Å². The lowest BCUT2D eigenvalue weighted by atomic mass is 9.85. The highest BCUT2D eigenvalue weighted by molar-refractivity contribution is 5.92. The molecule has 0 spiro atoms. The number of methoxy groups -OCH3 is 1. The van der Waals surface area contributed by atoms with E-state index in [1.807, 2.05) is 0 Å². The standard InChI is InChI=1S/C16H28N4O3/c1-16(2,3)14(7-8-22-4)17-15(21)13-11-20(19-18-13)12-5-9-23-10-6-12/h11-12,14H,5-10H2,1-4H3,(H,17,21). The van der Waals surface area contributed by atoms with Crippen LogP contribution in [0, 0.1) is 5.41 Å². The number of nitrogens with zero attached hydrogens (tertiary/aromatic N) is 3. The van der Waals surface area contributed by atoms with E-state index in [2.05, 4.69) is 36.4 Å². The summed E-state index contributed by atoms with van der Waals surface area (Å²) in [6.45, 7) is 8.38. The van der Waals surface area contributed by atoms with Gasteiger partial charge in [0.15, 0.2) is 5.69 Å². The molecule has 0 aliphatic carbocycles. The lowest BCUT2D eigenvalue weighted by Crippen LogP contribution is -2.44. The van der Waals surface area contributed by atoms with Gasteiger partial charge in [-0.1, -0.05) is 26.0 Å². The van der Waals surface area contributed by atoms with E-state index in [-0.39, 0.29) is 23.4 Å². The van der Waals surface area contributed by atoms with Crippen LogP contribution in [0.3, 0.4) is 0 Å². The van der Waals surface area contributed by atoms with Crippen molar-refractivity contribution in [2.45, 2.75) is 52.1 Å². The molecule has 1 aliphatic heterocycles. The number of carbonyl (C=O) groups excluding carboxylic acids is 1. The van der Waals surface area contributed by atoms with Crippen molar-refractivity contribution in [1.82, 2.24) is 20.3 Å². The van der Waals surface area contributed by atoms with Gasteiger partial charge in [0.2, 0.25) is 0 Å². The molecule has 1 aromatic heterocycles. The molecule has 0 bridgehead atoms. The van der Waals surface area contributed by atoms with E-state index in [0.717, 1.165) is 32.5 Å². The van der Waals surface area contributed by atoms with Gasteiger partial charge in [0.1, 0.15) is 0 Å². The van der Waals surface area contributed by atoms with Crippen LogP contribution in [0.5, 0.6) is 0 Å². The van der Waals surface area contributed by atoms with Gasteiger partial charge in [0, 0.05) is 33.0 Å². The molecular weight excluding hydrogens is 296 g/mol. The van der Waals surface area contributed by atoms with E-state index >= 15 is 0 Å². The van der Waals surface area contributed by atoms with Crippen LogP contribution in [0.25, 0.3) is 0 Å². The monoisotopic (exact) mass is 324 g/mol. The average molecular weight is 324 g/mol. The first-order valence-corrected chi connectivity index (χ1v) is 8.21. The number of carbonyl (C=O) groups is 1. The molecule has 7 heteroatoms. The number of hydrogen-bond acceptors (Lipinski definition) is 5. The van der Waals surface area contributed by atoms with Gasteiger partial charge in [-0.25, -0.2) is 4.68 Å². The second-order valence-corrected chi connectivity index (χ2v) is 7.10. The Kier molecular flexibility index (Phi) is 6.12. The molecule has 1 atom stereocenters. The SMILES string of the molecule is COCCC(NC(=O)c1cn(C2CCOCC2)nn1)C(C)(C)C. The summed E-state index contributed by atoms with van der Waals surface area (Å²) in [6, 6.07) is 0.285. The van der Waals surface area contributed by atoms with Crippen LogP contribution >= 0.6 is 0 Å². The fourth-order valence-electron chi connectivity index (χ4n) is 2.70. The highest BCUT2D eigenvalue weighted by atomic mass is 16.5. The summed E-state index contributed by atoms with van der Waals surface area (Å²) in [4.78, 5) is 12.5. The quantitative estimate of drug-likeness (QED) is 0.863. The van der Waals surface area contributed by atoms with Gasteiger partial charge in [-0.2, -0.15) is 0 Å². The average Bonchev–Trinajstić information content (AvgIpc) is 3.01. The minimum atomic E-state index is -0.181. The number of nitrogens with one attached hydrogen (secondary N) is 1. The second-order valence-electron chi connectivity index (χ2n) is 7.10. The lowest BCUT2D eigenvalue weighted by molar-refractivity contribution is 0.0657.